The van der Waals surface area contributed by atoms with Gasteiger partial charge in [-0.2, -0.15) is 0 Å². The Morgan fingerprint density at radius 1 is 1.14 bits per heavy atom. The largest absolute Gasteiger partial charge is 0.457 e. The maximum atomic E-state index is 12.9. The Morgan fingerprint density at radius 2 is 1.90 bits per heavy atom. The number of carbonyl (C=O) groups is 2. The van der Waals surface area contributed by atoms with Gasteiger partial charge in [0.05, 0.1) is 10.6 Å². The van der Waals surface area contributed by atoms with Gasteiger partial charge in [0.1, 0.15) is 11.5 Å². The first-order valence-corrected chi connectivity index (χ1v) is 10.7. The minimum absolute atomic E-state index is 0.0658. The third kappa shape index (κ3) is 4.12. The second kappa shape index (κ2) is 8.10. The molecular weight excluding hydrogens is 470 g/mol. The van der Waals surface area contributed by atoms with Gasteiger partial charge in [0.15, 0.2) is 10.1 Å². The first-order chi connectivity index (χ1) is 13.9. The average Bonchev–Trinajstić information content (AvgIpc) is 3.27. The van der Waals surface area contributed by atoms with E-state index >= 15 is 0 Å². The van der Waals surface area contributed by atoms with Crippen LogP contribution < -0.4 is 4.90 Å². The van der Waals surface area contributed by atoms with Crippen molar-refractivity contribution in [2.75, 3.05) is 4.90 Å². The van der Waals surface area contributed by atoms with E-state index in [0.29, 0.717) is 32.0 Å². The predicted molar refractivity (Wildman–Crippen MR) is 124 cm³/mol. The molecule has 0 aliphatic carbocycles. The number of amides is 1. The Bertz CT molecular complexity index is 1160. The molecule has 1 aliphatic rings. The Kier molecular flexibility index (Phi) is 5.54. The van der Waals surface area contributed by atoms with Gasteiger partial charge in [-0.25, -0.2) is 0 Å². The van der Waals surface area contributed by atoms with Gasteiger partial charge in [-0.1, -0.05) is 64.2 Å². The minimum Gasteiger partial charge on any atom is -0.457 e. The van der Waals surface area contributed by atoms with Gasteiger partial charge in [0.2, 0.25) is 0 Å². The summed E-state index contributed by atoms with van der Waals surface area (Å²) in [5, 5.41) is 0. The number of rotatable bonds is 4. The van der Waals surface area contributed by atoms with Crippen LogP contribution in [0, 0.1) is 0 Å². The summed E-state index contributed by atoms with van der Waals surface area (Å²) in [6, 6.07) is 18.4. The van der Waals surface area contributed by atoms with Crippen LogP contribution in [-0.2, 0) is 4.79 Å². The molecule has 1 aliphatic heterocycles. The van der Waals surface area contributed by atoms with E-state index in [4.69, 9.17) is 16.6 Å². The fraction of sp³-hybridized carbons (Fsp3) is 0.0455. The normalized spacial score (nSPS) is 15.4. The molecule has 1 saturated heterocycles. The quantitative estimate of drug-likeness (QED) is 0.247. The number of hydrogen-bond donors (Lipinski definition) is 0. The Hall–Kier alpha value is -2.48. The molecule has 0 radical (unpaired) electrons. The number of carbonyl (C=O) groups excluding carboxylic acids is 2. The smallest absolute Gasteiger partial charge is 0.270 e. The Labute approximate surface area is 185 Å². The molecule has 0 spiro atoms. The van der Waals surface area contributed by atoms with E-state index in [9.17, 15) is 9.59 Å². The molecule has 1 amide bonds. The van der Waals surface area contributed by atoms with E-state index in [1.165, 1.54) is 23.6 Å². The second-order valence-corrected chi connectivity index (χ2v) is 8.92. The lowest BCUT2D eigenvalue weighted by Crippen LogP contribution is -2.27. The predicted octanol–water partition coefficient (Wildman–Crippen LogP) is 6.32. The van der Waals surface area contributed by atoms with E-state index in [2.05, 4.69) is 15.9 Å². The maximum Gasteiger partial charge on any atom is 0.270 e. The fourth-order valence-electron chi connectivity index (χ4n) is 2.88. The fourth-order valence-corrected chi connectivity index (χ4v) is 4.43. The van der Waals surface area contributed by atoms with E-state index < -0.39 is 0 Å². The summed E-state index contributed by atoms with van der Waals surface area (Å²) in [6.07, 6.45) is 1.69. The first kappa shape index (κ1) is 19.8. The van der Waals surface area contributed by atoms with E-state index in [1.807, 2.05) is 36.4 Å². The zero-order valence-electron chi connectivity index (χ0n) is 15.2. The number of thioether (sulfide) groups is 1. The first-order valence-electron chi connectivity index (χ1n) is 8.67. The molecule has 1 aromatic heterocycles. The van der Waals surface area contributed by atoms with Crippen LogP contribution in [0.15, 0.2) is 74.5 Å². The van der Waals surface area contributed by atoms with Crippen molar-refractivity contribution in [3.63, 3.8) is 0 Å². The molecule has 2 heterocycles. The number of furan rings is 1. The molecule has 0 N–H and O–H groups in total. The number of ketones is 1. The summed E-state index contributed by atoms with van der Waals surface area (Å²) in [6.45, 7) is 1.49. The lowest BCUT2D eigenvalue weighted by Gasteiger charge is -2.15. The van der Waals surface area contributed by atoms with E-state index in [0.717, 1.165) is 10.0 Å². The van der Waals surface area contributed by atoms with Crippen molar-refractivity contribution in [3.8, 4) is 11.3 Å². The summed E-state index contributed by atoms with van der Waals surface area (Å²) in [4.78, 5) is 26.5. The number of anilines is 1. The molecule has 0 atom stereocenters. The van der Waals surface area contributed by atoms with Gasteiger partial charge >= 0.3 is 0 Å². The van der Waals surface area contributed by atoms with Crippen LogP contribution in [0.5, 0.6) is 0 Å². The van der Waals surface area contributed by atoms with Crippen LogP contribution in [0.1, 0.15) is 23.0 Å². The van der Waals surface area contributed by atoms with Gasteiger partial charge < -0.3 is 4.42 Å². The Morgan fingerprint density at radius 3 is 2.62 bits per heavy atom. The maximum absolute atomic E-state index is 12.9. The van der Waals surface area contributed by atoms with Gasteiger partial charge in [-0.3, -0.25) is 14.5 Å². The zero-order valence-corrected chi connectivity index (χ0v) is 18.4. The van der Waals surface area contributed by atoms with Crippen molar-refractivity contribution in [1.82, 2.24) is 0 Å². The number of hydrogen-bond acceptors (Lipinski definition) is 5. The summed E-state index contributed by atoms with van der Waals surface area (Å²) in [5.41, 5.74) is 2.06. The molecule has 0 saturated carbocycles. The van der Waals surface area contributed by atoms with Crippen molar-refractivity contribution < 1.29 is 14.0 Å². The molecule has 144 valence electrons. The highest BCUT2D eigenvalue weighted by molar-refractivity contribution is 9.10. The molecule has 2 aromatic carbocycles. The van der Waals surface area contributed by atoms with Crippen LogP contribution in [0.25, 0.3) is 17.4 Å². The van der Waals surface area contributed by atoms with Gasteiger partial charge in [0.25, 0.3) is 5.91 Å². The number of halogens is 1. The molecule has 3 aromatic rings. The molecule has 0 bridgehead atoms. The second-order valence-electron chi connectivity index (χ2n) is 6.33. The van der Waals surface area contributed by atoms with Crippen LogP contribution in [0.4, 0.5) is 5.69 Å². The van der Waals surface area contributed by atoms with E-state index in [1.54, 1.807) is 30.3 Å². The molecule has 0 unspecified atom stereocenters. The van der Waals surface area contributed by atoms with Crippen molar-refractivity contribution in [3.05, 3.63) is 81.4 Å². The summed E-state index contributed by atoms with van der Waals surface area (Å²) in [7, 11) is 0. The topological polar surface area (TPSA) is 50.5 Å². The summed E-state index contributed by atoms with van der Waals surface area (Å²) in [5.74, 6) is 0.987. The minimum atomic E-state index is -0.234. The van der Waals surface area contributed by atoms with Crippen LogP contribution >= 0.6 is 39.9 Å². The van der Waals surface area contributed by atoms with Crippen molar-refractivity contribution in [1.29, 1.82) is 0 Å². The Balaban J connectivity index is 1.60. The molecular formula is C22H14BrNO3S2. The summed E-state index contributed by atoms with van der Waals surface area (Å²) < 4.78 is 7.29. The van der Waals surface area contributed by atoms with Crippen LogP contribution in [0.2, 0.25) is 0 Å². The molecule has 4 nitrogen and oxygen atoms in total. The number of nitrogens with zero attached hydrogens (tertiary/aromatic N) is 1. The van der Waals surface area contributed by atoms with Gasteiger partial charge in [-0.15, -0.1) is 0 Å². The summed E-state index contributed by atoms with van der Waals surface area (Å²) >= 11 is 10.0. The third-order valence-corrected chi connectivity index (χ3v) is 6.16. The van der Waals surface area contributed by atoms with Crippen molar-refractivity contribution >= 4 is 67.7 Å². The number of benzene rings is 2. The molecule has 1 fully saturated rings. The SMILES string of the molecule is CC(=O)c1cccc(N2C(=O)/C(=C\c3ccc(-c4ccc(Br)cc4)o3)SC2=S)c1. The monoisotopic (exact) mass is 483 g/mol. The van der Waals surface area contributed by atoms with Crippen LogP contribution in [0.3, 0.4) is 0 Å². The van der Waals surface area contributed by atoms with Gasteiger partial charge in [0, 0.05) is 21.7 Å². The van der Waals surface area contributed by atoms with Crippen LogP contribution in [-0.4, -0.2) is 16.0 Å². The zero-order chi connectivity index (χ0) is 20.5. The average molecular weight is 484 g/mol. The molecule has 4 rings (SSSR count). The standard InChI is InChI=1S/C22H14BrNO3S2/c1-13(25)15-3-2-4-17(11-15)24-21(26)20(29-22(24)28)12-18-9-10-19(27-18)14-5-7-16(23)8-6-14/h2-12H,1H3/b20-12+. The lowest BCUT2D eigenvalue weighted by molar-refractivity contribution is -0.113. The molecule has 7 heteroatoms. The number of thiocarbonyl (C=S) groups is 1. The third-order valence-electron chi connectivity index (χ3n) is 4.33. The van der Waals surface area contributed by atoms with Crippen molar-refractivity contribution in [2.24, 2.45) is 0 Å². The highest BCUT2D eigenvalue weighted by Crippen LogP contribution is 2.37. The molecule has 29 heavy (non-hydrogen) atoms. The van der Waals surface area contributed by atoms with Gasteiger partial charge in [-0.05, 0) is 43.3 Å². The van der Waals surface area contributed by atoms with E-state index in [-0.39, 0.29) is 11.7 Å². The lowest BCUT2D eigenvalue weighted by atomic mass is 10.1. The highest BCUT2D eigenvalue weighted by atomic mass is 79.9. The highest BCUT2D eigenvalue weighted by Gasteiger charge is 2.33. The number of Topliss-reactive ketones (excluding diaryl/α,β-unsaturated/α-hetero) is 1. The van der Waals surface area contributed by atoms with Crippen molar-refractivity contribution in [2.45, 2.75) is 6.92 Å².